The quantitative estimate of drug-likeness (QED) is 0.873. The SMILES string of the molecule is CCC(CSC)N(C)c1ncnc(NC)c1Br. The van der Waals surface area contributed by atoms with E-state index in [1.165, 1.54) is 0 Å². The second kappa shape index (κ2) is 7.06. The summed E-state index contributed by atoms with van der Waals surface area (Å²) in [6.45, 7) is 2.20. The Balaban J connectivity index is 2.98. The van der Waals surface area contributed by atoms with Crippen LogP contribution in [-0.2, 0) is 0 Å². The number of rotatable bonds is 6. The van der Waals surface area contributed by atoms with Gasteiger partial charge in [-0.1, -0.05) is 6.92 Å². The first-order valence-corrected chi connectivity index (χ1v) is 7.74. The minimum atomic E-state index is 0.487. The first-order chi connectivity index (χ1) is 8.15. The zero-order valence-corrected chi connectivity index (χ0v) is 13.1. The van der Waals surface area contributed by atoms with Crippen molar-refractivity contribution in [1.82, 2.24) is 9.97 Å². The summed E-state index contributed by atoms with van der Waals surface area (Å²) in [5.41, 5.74) is 0. The van der Waals surface area contributed by atoms with Crippen LogP contribution in [-0.4, -0.2) is 42.1 Å². The Kier molecular flexibility index (Phi) is 6.05. The maximum absolute atomic E-state index is 4.36. The molecule has 0 saturated carbocycles. The number of hydrogen-bond acceptors (Lipinski definition) is 5. The lowest BCUT2D eigenvalue weighted by Crippen LogP contribution is -2.34. The van der Waals surface area contributed by atoms with Gasteiger partial charge in [-0.3, -0.25) is 0 Å². The van der Waals surface area contributed by atoms with Crippen molar-refractivity contribution >= 4 is 39.3 Å². The topological polar surface area (TPSA) is 41.1 Å². The monoisotopic (exact) mass is 318 g/mol. The third-order valence-corrected chi connectivity index (χ3v) is 4.17. The van der Waals surface area contributed by atoms with Crippen molar-refractivity contribution in [2.24, 2.45) is 0 Å². The van der Waals surface area contributed by atoms with Crippen molar-refractivity contribution in [3.05, 3.63) is 10.8 Å². The first-order valence-electron chi connectivity index (χ1n) is 5.55. The molecule has 0 bridgehead atoms. The molecular weight excluding hydrogens is 300 g/mol. The molecule has 1 unspecified atom stereocenters. The lowest BCUT2D eigenvalue weighted by molar-refractivity contribution is 0.664. The van der Waals surface area contributed by atoms with E-state index in [2.05, 4.69) is 56.3 Å². The third kappa shape index (κ3) is 3.48. The number of anilines is 2. The van der Waals surface area contributed by atoms with Crippen molar-refractivity contribution in [2.45, 2.75) is 19.4 Å². The van der Waals surface area contributed by atoms with Crippen LogP contribution < -0.4 is 10.2 Å². The van der Waals surface area contributed by atoms with Gasteiger partial charge in [0, 0.05) is 25.9 Å². The van der Waals surface area contributed by atoms with E-state index >= 15 is 0 Å². The maximum Gasteiger partial charge on any atom is 0.148 e. The van der Waals surface area contributed by atoms with E-state index in [9.17, 15) is 0 Å². The number of aromatic nitrogens is 2. The predicted octanol–water partition coefficient (Wildman–Crippen LogP) is 2.86. The molecule has 1 atom stereocenters. The van der Waals surface area contributed by atoms with E-state index in [0.29, 0.717) is 6.04 Å². The van der Waals surface area contributed by atoms with Gasteiger partial charge in [0.15, 0.2) is 0 Å². The van der Waals surface area contributed by atoms with Crippen molar-refractivity contribution in [2.75, 3.05) is 36.3 Å². The van der Waals surface area contributed by atoms with Crippen LogP contribution >= 0.6 is 27.7 Å². The van der Waals surface area contributed by atoms with Crippen LogP contribution in [0.4, 0.5) is 11.6 Å². The largest absolute Gasteiger partial charge is 0.372 e. The molecular formula is C11H19BrN4S. The fourth-order valence-corrected chi connectivity index (χ4v) is 3.18. The molecule has 0 amide bonds. The number of nitrogens with zero attached hydrogens (tertiary/aromatic N) is 3. The summed E-state index contributed by atoms with van der Waals surface area (Å²) in [4.78, 5) is 10.7. The Morgan fingerprint density at radius 2 is 2.24 bits per heavy atom. The highest BCUT2D eigenvalue weighted by atomic mass is 79.9. The second-order valence-electron chi connectivity index (χ2n) is 3.74. The van der Waals surface area contributed by atoms with E-state index in [1.54, 1.807) is 6.33 Å². The lowest BCUT2D eigenvalue weighted by atomic mass is 10.2. The Morgan fingerprint density at radius 1 is 1.53 bits per heavy atom. The number of halogens is 1. The molecule has 0 spiro atoms. The Labute approximate surface area is 116 Å². The molecule has 0 aromatic carbocycles. The summed E-state index contributed by atoms with van der Waals surface area (Å²) in [7, 11) is 3.94. The van der Waals surface area contributed by atoms with Gasteiger partial charge in [-0.25, -0.2) is 9.97 Å². The molecule has 0 saturated heterocycles. The Hall–Kier alpha value is -0.490. The van der Waals surface area contributed by atoms with Crippen LogP contribution in [0.1, 0.15) is 13.3 Å². The summed E-state index contributed by atoms with van der Waals surface area (Å²) >= 11 is 5.41. The second-order valence-corrected chi connectivity index (χ2v) is 5.44. The summed E-state index contributed by atoms with van der Waals surface area (Å²) < 4.78 is 0.921. The van der Waals surface area contributed by atoms with Crippen LogP contribution in [0.2, 0.25) is 0 Å². The molecule has 1 aromatic heterocycles. The highest BCUT2D eigenvalue weighted by molar-refractivity contribution is 9.10. The van der Waals surface area contributed by atoms with Gasteiger partial charge in [0.05, 0.1) is 0 Å². The average Bonchev–Trinajstić information content (AvgIpc) is 2.35. The highest BCUT2D eigenvalue weighted by Gasteiger charge is 2.18. The van der Waals surface area contributed by atoms with Crippen LogP contribution in [0.3, 0.4) is 0 Å². The molecule has 1 rings (SSSR count). The Bertz CT molecular complexity index is 361. The molecule has 0 aliphatic carbocycles. The molecule has 1 N–H and O–H groups in total. The highest BCUT2D eigenvalue weighted by Crippen LogP contribution is 2.30. The fraction of sp³-hybridized carbons (Fsp3) is 0.636. The minimum absolute atomic E-state index is 0.487. The smallest absolute Gasteiger partial charge is 0.148 e. The van der Waals surface area contributed by atoms with E-state index in [1.807, 2.05) is 18.8 Å². The number of thioether (sulfide) groups is 1. The summed E-state index contributed by atoms with van der Waals surface area (Å²) in [6.07, 6.45) is 4.82. The Morgan fingerprint density at radius 3 is 2.76 bits per heavy atom. The number of hydrogen-bond donors (Lipinski definition) is 1. The van der Waals surface area contributed by atoms with Crippen LogP contribution in [0, 0.1) is 0 Å². The molecule has 6 heteroatoms. The predicted molar refractivity (Wildman–Crippen MR) is 80.1 cm³/mol. The normalized spacial score (nSPS) is 12.3. The average molecular weight is 319 g/mol. The number of nitrogens with one attached hydrogen (secondary N) is 1. The van der Waals surface area contributed by atoms with Crippen LogP contribution in [0.15, 0.2) is 10.8 Å². The van der Waals surface area contributed by atoms with Gasteiger partial charge in [-0.2, -0.15) is 11.8 Å². The van der Waals surface area contributed by atoms with Gasteiger partial charge in [-0.15, -0.1) is 0 Å². The first kappa shape index (κ1) is 14.6. The summed E-state index contributed by atoms with van der Waals surface area (Å²) in [6, 6.07) is 0.487. The van der Waals surface area contributed by atoms with Crippen molar-refractivity contribution in [3.8, 4) is 0 Å². The van der Waals surface area contributed by atoms with E-state index < -0.39 is 0 Å². The zero-order valence-electron chi connectivity index (χ0n) is 10.7. The van der Waals surface area contributed by atoms with E-state index in [-0.39, 0.29) is 0 Å². The fourth-order valence-electron chi connectivity index (χ4n) is 1.65. The molecule has 1 heterocycles. The van der Waals surface area contributed by atoms with Gasteiger partial charge in [0.25, 0.3) is 0 Å². The van der Waals surface area contributed by atoms with Crippen LogP contribution in [0.5, 0.6) is 0 Å². The lowest BCUT2D eigenvalue weighted by Gasteiger charge is -2.28. The summed E-state index contributed by atoms with van der Waals surface area (Å²) in [5, 5.41) is 3.05. The molecule has 0 aliphatic heterocycles. The molecule has 0 fully saturated rings. The maximum atomic E-state index is 4.36. The summed E-state index contributed by atoms with van der Waals surface area (Å²) in [5.74, 6) is 2.85. The molecule has 0 aliphatic rings. The van der Waals surface area contributed by atoms with Gasteiger partial charge < -0.3 is 10.2 Å². The van der Waals surface area contributed by atoms with E-state index in [4.69, 9.17) is 0 Å². The van der Waals surface area contributed by atoms with Gasteiger partial charge in [-0.05, 0) is 28.6 Å². The molecule has 17 heavy (non-hydrogen) atoms. The van der Waals surface area contributed by atoms with E-state index in [0.717, 1.165) is 28.3 Å². The van der Waals surface area contributed by atoms with Crippen LogP contribution in [0.25, 0.3) is 0 Å². The minimum Gasteiger partial charge on any atom is -0.372 e. The van der Waals surface area contributed by atoms with Gasteiger partial charge in [0.2, 0.25) is 0 Å². The van der Waals surface area contributed by atoms with Gasteiger partial charge in [0.1, 0.15) is 22.4 Å². The molecule has 4 nitrogen and oxygen atoms in total. The third-order valence-electron chi connectivity index (χ3n) is 2.72. The zero-order chi connectivity index (χ0) is 12.8. The standard InChI is InChI=1S/C11H19BrN4S/c1-5-8(6-17-4)16(3)11-9(12)10(13-2)14-7-15-11/h7-8H,5-6H2,1-4H3,(H,13,14,15). The van der Waals surface area contributed by atoms with Crippen molar-refractivity contribution in [1.29, 1.82) is 0 Å². The van der Waals surface area contributed by atoms with Crippen molar-refractivity contribution in [3.63, 3.8) is 0 Å². The molecule has 1 aromatic rings. The molecule has 96 valence electrons. The molecule has 0 radical (unpaired) electrons. The van der Waals surface area contributed by atoms with Gasteiger partial charge >= 0.3 is 0 Å². The van der Waals surface area contributed by atoms with Crippen molar-refractivity contribution < 1.29 is 0 Å².